The number of halogens is 1. The summed E-state index contributed by atoms with van der Waals surface area (Å²) in [6, 6.07) is 7.87. The molecule has 3 nitrogen and oxygen atoms in total. The molecule has 1 aromatic rings. The number of rotatable bonds is 7. The van der Waals surface area contributed by atoms with Gasteiger partial charge in [0.25, 0.3) is 0 Å². The first-order chi connectivity index (χ1) is 8.49. The number of ether oxygens (including phenoxy) is 1. The SMILES string of the molecule is CC(C)OCC(O)CN[C@H](C)c1cccc(Cl)c1. The number of nitrogens with one attached hydrogen (secondary N) is 1. The Morgan fingerprint density at radius 1 is 1.33 bits per heavy atom. The van der Waals surface area contributed by atoms with Gasteiger partial charge in [0, 0.05) is 17.6 Å². The van der Waals surface area contributed by atoms with Crippen molar-refractivity contribution < 1.29 is 9.84 Å². The van der Waals surface area contributed by atoms with Gasteiger partial charge in [-0.05, 0) is 38.5 Å². The van der Waals surface area contributed by atoms with Crippen molar-refractivity contribution in [2.24, 2.45) is 0 Å². The van der Waals surface area contributed by atoms with Crippen molar-refractivity contribution in [1.82, 2.24) is 5.32 Å². The maximum atomic E-state index is 9.73. The number of aliphatic hydroxyl groups excluding tert-OH is 1. The van der Waals surface area contributed by atoms with Crippen LogP contribution in [0.3, 0.4) is 0 Å². The lowest BCUT2D eigenvalue weighted by atomic mass is 10.1. The van der Waals surface area contributed by atoms with Crippen molar-refractivity contribution in [3.05, 3.63) is 34.9 Å². The first-order valence-electron chi connectivity index (χ1n) is 6.27. The quantitative estimate of drug-likeness (QED) is 0.801. The van der Waals surface area contributed by atoms with Crippen LogP contribution in [0.2, 0.25) is 5.02 Å². The Labute approximate surface area is 114 Å². The third-order valence-electron chi connectivity index (χ3n) is 2.63. The largest absolute Gasteiger partial charge is 0.389 e. The average Bonchev–Trinajstić information content (AvgIpc) is 2.33. The zero-order valence-corrected chi connectivity index (χ0v) is 11.9. The van der Waals surface area contributed by atoms with Gasteiger partial charge in [-0.2, -0.15) is 0 Å². The van der Waals surface area contributed by atoms with Crippen LogP contribution in [-0.4, -0.2) is 30.5 Å². The second-order valence-electron chi connectivity index (χ2n) is 4.72. The van der Waals surface area contributed by atoms with Crippen molar-refractivity contribution in [2.75, 3.05) is 13.2 Å². The molecule has 0 spiro atoms. The highest BCUT2D eigenvalue weighted by Crippen LogP contribution is 2.17. The summed E-state index contributed by atoms with van der Waals surface area (Å²) in [5.41, 5.74) is 1.11. The fourth-order valence-corrected chi connectivity index (χ4v) is 1.77. The molecule has 0 fully saturated rings. The Hall–Kier alpha value is -0.610. The summed E-state index contributed by atoms with van der Waals surface area (Å²) in [5, 5.41) is 13.7. The van der Waals surface area contributed by atoms with Crippen LogP contribution < -0.4 is 5.32 Å². The second kappa shape index (κ2) is 7.74. The van der Waals surface area contributed by atoms with Gasteiger partial charge in [0.05, 0.1) is 18.8 Å². The van der Waals surface area contributed by atoms with Gasteiger partial charge in [-0.25, -0.2) is 0 Å². The minimum atomic E-state index is -0.492. The fraction of sp³-hybridized carbons (Fsp3) is 0.571. The van der Waals surface area contributed by atoms with Gasteiger partial charge in [0.15, 0.2) is 0 Å². The minimum absolute atomic E-state index is 0.144. The van der Waals surface area contributed by atoms with Gasteiger partial charge >= 0.3 is 0 Å². The van der Waals surface area contributed by atoms with Crippen molar-refractivity contribution in [1.29, 1.82) is 0 Å². The number of hydrogen-bond acceptors (Lipinski definition) is 3. The smallest absolute Gasteiger partial charge is 0.0898 e. The van der Waals surface area contributed by atoms with E-state index in [1.54, 1.807) is 0 Å². The highest BCUT2D eigenvalue weighted by Gasteiger charge is 2.09. The molecule has 0 amide bonds. The van der Waals surface area contributed by atoms with Crippen molar-refractivity contribution in [3.63, 3.8) is 0 Å². The summed E-state index contributed by atoms with van der Waals surface area (Å²) < 4.78 is 5.35. The maximum absolute atomic E-state index is 9.73. The lowest BCUT2D eigenvalue weighted by Crippen LogP contribution is -2.32. The Kier molecular flexibility index (Phi) is 6.65. The van der Waals surface area contributed by atoms with E-state index in [9.17, 15) is 5.11 Å². The minimum Gasteiger partial charge on any atom is -0.389 e. The summed E-state index contributed by atoms with van der Waals surface area (Å²) >= 11 is 5.94. The predicted molar refractivity (Wildman–Crippen MR) is 75.0 cm³/mol. The first-order valence-corrected chi connectivity index (χ1v) is 6.65. The molecule has 18 heavy (non-hydrogen) atoms. The van der Waals surface area contributed by atoms with Gasteiger partial charge < -0.3 is 15.2 Å². The second-order valence-corrected chi connectivity index (χ2v) is 5.16. The Bertz CT molecular complexity index is 357. The summed E-state index contributed by atoms with van der Waals surface area (Å²) in [5.74, 6) is 0. The number of benzene rings is 1. The van der Waals surface area contributed by atoms with Crippen LogP contribution in [0.4, 0.5) is 0 Å². The van der Waals surface area contributed by atoms with Crippen molar-refractivity contribution >= 4 is 11.6 Å². The molecule has 0 heterocycles. The van der Waals surface area contributed by atoms with Crippen LogP contribution in [0, 0.1) is 0 Å². The zero-order valence-electron chi connectivity index (χ0n) is 11.2. The van der Waals surface area contributed by atoms with E-state index in [0.717, 1.165) is 10.6 Å². The van der Waals surface area contributed by atoms with Crippen LogP contribution >= 0.6 is 11.6 Å². The van der Waals surface area contributed by atoms with Gasteiger partial charge in [-0.1, -0.05) is 23.7 Å². The fourth-order valence-electron chi connectivity index (χ4n) is 1.57. The van der Waals surface area contributed by atoms with E-state index in [1.807, 2.05) is 45.0 Å². The van der Waals surface area contributed by atoms with Gasteiger partial charge in [-0.3, -0.25) is 0 Å². The van der Waals surface area contributed by atoms with E-state index in [-0.39, 0.29) is 12.1 Å². The summed E-state index contributed by atoms with van der Waals surface area (Å²) in [6.45, 7) is 6.80. The van der Waals surface area contributed by atoms with E-state index in [4.69, 9.17) is 16.3 Å². The monoisotopic (exact) mass is 271 g/mol. The molecule has 0 aromatic heterocycles. The van der Waals surface area contributed by atoms with Gasteiger partial charge in [0.1, 0.15) is 0 Å². The summed E-state index contributed by atoms with van der Waals surface area (Å²) in [7, 11) is 0. The van der Waals surface area contributed by atoms with E-state index < -0.39 is 6.10 Å². The summed E-state index contributed by atoms with van der Waals surface area (Å²) in [4.78, 5) is 0. The molecular weight excluding hydrogens is 250 g/mol. The Morgan fingerprint density at radius 3 is 2.67 bits per heavy atom. The lowest BCUT2D eigenvalue weighted by molar-refractivity contribution is 0.00560. The Morgan fingerprint density at radius 2 is 2.06 bits per heavy atom. The van der Waals surface area contributed by atoms with E-state index in [2.05, 4.69) is 5.32 Å². The molecule has 0 saturated carbocycles. The van der Waals surface area contributed by atoms with Crippen LogP contribution in [0.5, 0.6) is 0 Å². The standard InChI is InChI=1S/C14H22ClNO2/c1-10(2)18-9-14(17)8-16-11(3)12-5-4-6-13(15)7-12/h4-7,10-11,14,16-17H,8-9H2,1-3H3/t11-,14?/m1/s1. The highest BCUT2D eigenvalue weighted by molar-refractivity contribution is 6.30. The molecule has 102 valence electrons. The van der Waals surface area contributed by atoms with E-state index in [0.29, 0.717) is 13.2 Å². The molecule has 2 atom stereocenters. The zero-order chi connectivity index (χ0) is 13.5. The Balaban J connectivity index is 2.34. The third kappa shape index (κ3) is 5.83. The van der Waals surface area contributed by atoms with Crippen molar-refractivity contribution in [3.8, 4) is 0 Å². The number of aliphatic hydroxyl groups is 1. The molecule has 0 aliphatic carbocycles. The normalized spacial score (nSPS) is 14.8. The molecule has 0 bridgehead atoms. The molecule has 0 aliphatic rings. The molecule has 0 radical (unpaired) electrons. The van der Waals surface area contributed by atoms with Crippen LogP contribution in [-0.2, 0) is 4.74 Å². The topological polar surface area (TPSA) is 41.5 Å². The van der Waals surface area contributed by atoms with Gasteiger partial charge in [0.2, 0.25) is 0 Å². The lowest BCUT2D eigenvalue weighted by Gasteiger charge is -2.18. The molecule has 0 saturated heterocycles. The van der Waals surface area contributed by atoms with Crippen LogP contribution in [0.25, 0.3) is 0 Å². The molecule has 1 rings (SSSR count). The highest BCUT2D eigenvalue weighted by atomic mass is 35.5. The average molecular weight is 272 g/mol. The van der Waals surface area contributed by atoms with E-state index in [1.165, 1.54) is 0 Å². The third-order valence-corrected chi connectivity index (χ3v) is 2.87. The van der Waals surface area contributed by atoms with Crippen LogP contribution in [0.15, 0.2) is 24.3 Å². The number of hydrogen-bond donors (Lipinski definition) is 2. The predicted octanol–water partition coefficient (Wildman–Crippen LogP) is 2.78. The molecule has 2 N–H and O–H groups in total. The molecule has 0 aliphatic heterocycles. The molecular formula is C14H22ClNO2. The van der Waals surface area contributed by atoms with Crippen molar-refractivity contribution in [2.45, 2.75) is 39.0 Å². The summed E-state index contributed by atoms with van der Waals surface area (Å²) in [6.07, 6.45) is -0.348. The molecule has 1 aromatic carbocycles. The first kappa shape index (κ1) is 15.4. The molecule has 1 unspecified atom stereocenters. The molecule has 4 heteroatoms. The maximum Gasteiger partial charge on any atom is 0.0898 e. The van der Waals surface area contributed by atoms with E-state index >= 15 is 0 Å². The van der Waals surface area contributed by atoms with Gasteiger partial charge in [-0.15, -0.1) is 0 Å². The van der Waals surface area contributed by atoms with Crippen LogP contribution in [0.1, 0.15) is 32.4 Å².